The number of ether oxygens (including phenoxy) is 2. The van der Waals surface area contributed by atoms with Crippen molar-refractivity contribution in [1.82, 2.24) is 0 Å². The summed E-state index contributed by atoms with van der Waals surface area (Å²) in [6, 6.07) is 23.1. The molecular formula is C24H27FNO2+. The molecule has 0 saturated carbocycles. The Bertz CT molecular complexity index is 845. The van der Waals surface area contributed by atoms with Gasteiger partial charge in [0.15, 0.2) is 0 Å². The highest BCUT2D eigenvalue weighted by Crippen LogP contribution is 2.29. The molecule has 0 aliphatic carbocycles. The molecule has 0 aromatic heterocycles. The van der Waals surface area contributed by atoms with Crippen molar-refractivity contribution in [2.45, 2.75) is 18.9 Å². The summed E-state index contributed by atoms with van der Waals surface area (Å²) in [4.78, 5) is 0. The number of methoxy groups -OCH3 is 2. The Balaban J connectivity index is 1.65. The van der Waals surface area contributed by atoms with Crippen LogP contribution in [0, 0.1) is 5.82 Å². The smallest absolute Gasteiger partial charge is 0.123 e. The summed E-state index contributed by atoms with van der Waals surface area (Å²) in [6.45, 7) is 1.89. The molecule has 146 valence electrons. The second kappa shape index (κ2) is 9.90. The van der Waals surface area contributed by atoms with Crippen molar-refractivity contribution in [3.8, 4) is 11.5 Å². The summed E-state index contributed by atoms with van der Waals surface area (Å²) in [5.74, 6) is 1.73. The van der Waals surface area contributed by atoms with Crippen LogP contribution in [0.15, 0.2) is 72.8 Å². The van der Waals surface area contributed by atoms with Crippen LogP contribution in [0.1, 0.15) is 29.0 Å². The van der Waals surface area contributed by atoms with E-state index < -0.39 is 0 Å². The third-order valence-corrected chi connectivity index (χ3v) is 4.99. The van der Waals surface area contributed by atoms with Crippen LogP contribution in [0.3, 0.4) is 0 Å². The first-order valence-electron chi connectivity index (χ1n) is 9.53. The topological polar surface area (TPSA) is 35.1 Å². The van der Waals surface area contributed by atoms with E-state index in [2.05, 4.69) is 29.6 Å². The summed E-state index contributed by atoms with van der Waals surface area (Å²) >= 11 is 0. The summed E-state index contributed by atoms with van der Waals surface area (Å²) in [5.41, 5.74) is 3.61. The van der Waals surface area contributed by atoms with Gasteiger partial charge in [-0.1, -0.05) is 24.3 Å². The number of hydrogen-bond acceptors (Lipinski definition) is 2. The van der Waals surface area contributed by atoms with Crippen LogP contribution in [0.25, 0.3) is 0 Å². The molecule has 0 unspecified atom stereocenters. The Hall–Kier alpha value is -2.85. The number of quaternary nitrogens is 1. The van der Waals surface area contributed by atoms with Gasteiger partial charge in [-0.25, -0.2) is 4.39 Å². The normalized spacial score (nSPS) is 11.8. The molecule has 28 heavy (non-hydrogen) atoms. The molecule has 3 aromatic carbocycles. The first-order valence-corrected chi connectivity index (χ1v) is 9.53. The third-order valence-electron chi connectivity index (χ3n) is 4.99. The highest BCUT2D eigenvalue weighted by molar-refractivity contribution is 5.36. The standard InChI is InChI=1S/C24H26FNO2/c1-27-22-11-3-18(4-12-22)17-26-16-15-24(19-5-9-21(25)10-6-19)20-7-13-23(28-2)14-8-20/h3-14,24,26H,15-17H2,1-2H3/p+1/t24-/m0/s1. The lowest BCUT2D eigenvalue weighted by molar-refractivity contribution is -0.671. The molecule has 0 spiro atoms. The van der Waals surface area contributed by atoms with E-state index in [-0.39, 0.29) is 11.7 Å². The number of halogens is 1. The van der Waals surface area contributed by atoms with Gasteiger partial charge in [0.2, 0.25) is 0 Å². The largest absolute Gasteiger partial charge is 0.497 e. The van der Waals surface area contributed by atoms with Crippen molar-refractivity contribution in [3.63, 3.8) is 0 Å². The predicted octanol–water partition coefficient (Wildman–Crippen LogP) is 4.13. The minimum absolute atomic E-state index is 0.205. The minimum Gasteiger partial charge on any atom is -0.497 e. The maximum atomic E-state index is 13.4. The van der Waals surface area contributed by atoms with Crippen molar-refractivity contribution in [2.24, 2.45) is 0 Å². The highest BCUT2D eigenvalue weighted by Gasteiger charge is 2.15. The van der Waals surface area contributed by atoms with Crippen LogP contribution in [0.2, 0.25) is 0 Å². The maximum Gasteiger partial charge on any atom is 0.123 e. The van der Waals surface area contributed by atoms with Gasteiger partial charge >= 0.3 is 0 Å². The van der Waals surface area contributed by atoms with Crippen molar-refractivity contribution in [3.05, 3.63) is 95.3 Å². The van der Waals surface area contributed by atoms with E-state index >= 15 is 0 Å². The Morgan fingerprint density at radius 2 is 1.25 bits per heavy atom. The van der Waals surface area contributed by atoms with E-state index in [9.17, 15) is 4.39 Å². The molecule has 0 fully saturated rings. The maximum absolute atomic E-state index is 13.4. The quantitative estimate of drug-likeness (QED) is 0.567. The monoisotopic (exact) mass is 380 g/mol. The van der Waals surface area contributed by atoms with Gasteiger partial charge in [0.25, 0.3) is 0 Å². The van der Waals surface area contributed by atoms with Crippen molar-refractivity contribution in [1.29, 1.82) is 0 Å². The van der Waals surface area contributed by atoms with Gasteiger partial charge in [-0.15, -0.1) is 0 Å². The van der Waals surface area contributed by atoms with Crippen LogP contribution in [-0.4, -0.2) is 20.8 Å². The second-order valence-corrected chi connectivity index (χ2v) is 6.80. The Labute approximate surface area is 166 Å². The second-order valence-electron chi connectivity index (χ2n) is 6.80. The van der Waals surface area contributed by atoms with Gasteiger partial charge in [-0.3, -0.25) is 0 Å². The molecule has 0 aliphatic rings. The summed E-state index contributed by atoms with van der Waals surface area (Å²) in [5, 5.41) is 2.31. The molecule has 0 radical (unpaired) electrons. The summed E-state index contributed by atoms with van der Waals surface area (Å²) in [7, 11) is 3.34. The van der Waals surface area contributed by atoms with Gasteiger partial charge < -0.3 is 14.8 Å². The lowest BCUT2D eigenvalue weighted by Gasteiger charge is -2.18. The van der Waals surface area contributed by atoms with Crippen LogP contribution in [-0.2, 0) is 6.54 Å². The lowest BCUT2D eigenvalue weighted by Crippen LogP contribution is -2.82. The number of hydrogen-bond donors (Lipinski definition) is 1. The molecule has 4 heteroatoms. The molecule has 2 N–H and O–H groups in total. The van der Waals surface area contributed by atoms with Crippen LogP contribution in [0.5, 0.6) is 11.5 Å². The van der Waals surface area contributed by atoms with Crippen LogP contribution in [0.4, 0.5) is 4.39 Å². The number of rotatable bonds is 9. The highest BCUT2D eigenvalue weighted by atomic mass is 19.1. The molecule has 3 aromatic rings. The number of benzene rings is 3. The van der Waals surface area contributed by atoms with Crippen molar-refractivity contribution >= 4 is 0 Å². The van der Waals surface area contributed by atoms with Gasteiger partial charge in [-0.05, 0) is 59.7 Å². The fourth-order valence-corrected chi connectivity index (χ4v) is 3.37. The fourth-order valence-electron chi connectivity index (χ4n) is 3.37. The molecule has 0 amide bonds. The predicted molar refractivity (Wildman–Crippen MR) is 109 cm³/mol. The summed E-state index contributed by atoms with van der Waals surface area (Å²) < 4.78 is 23.8. The zero-order valence-corrected chi connectivity index (χ0v) is 16.4. The molecule has 0 bridgehead atoms. The van der Waals surface area contributed by atoms with Gasteiger partial charge in [0.05, 0.1) is 20.8 Å². The van der Waals surface area contributed by atoms with Crippen LogP contribution >= 0.6 is 0 Å². The van der Waals surface area contributed by atoms with E-state index in [1.165, 1.54) is 23.3 Å². The SMILES string of the molecule is COc1ccc(C[NH2+]CC[C@@H](c2ccc(F)cc2)c2ccc(OC)cc2)cc1. The van der Waals surface area contributed by atoms with Crippen molar-refractivity contribution < 1.29 is 19.2 Å². The van der Waals surface area contributed by atoms with Gasteiger partial charge in [0.1, 0.15) is 23.9 Å². The average Bonchev–Trinajstić information content (AvgIpc) is 2.75. The third kappa shape index (κ3) is 5.33. The zero-order chi connectivity index (χ0) is 19.8. The molecule has 0 heterocycles. The molecule has 0 aliphatic heterocycles. The Morgan fingerprint density at radius 1 is 0.750 bits per heavy atom. The molecule has 3 nitrogen and oxygen atoms in total. The lowest BCUT2D eigenvalue weighted by atomic mass is 9.88. The Kier molecular flexibility index (Phi) is 7.04. The number of nitrogens with two attached hydrogens (primary N) is 1. The van der Waals surface area contributed by atoms with E-state index in [4.69, 9.17) is 9.47 Å². The van der Waals surface area contributed by atoms with E-state index in [1.807, 2.05) is 36.4 Å². The molecular weight excluding hydrogens is 353 g/mol. The Morgan fingerprint density at radius 3 is 1.79 bits per heavy atom. The van der Waals surface area contributed by atoms with Gasteiger partial charge in [-0.2, -0.15) is 0 Å². The zero-order valence-electron chi connectivity index (χ0n) is 16.4. The van der Waals surface area contributed by atoms with Gasteiger partial charge in [0, 0.05) is 17.9 Å². The average molecular weight is 380 g/mol. The molecule has 3 rings (SSSR count). The van der Waals surface area contributed by atoms with Crippen molar-refractivity contribution in [2.75, 3.05) is 20.8 Å². The first-order chi connectivity index (χ1) is 13.7. The van der Waals surface area contributed by atoms with E-state index in [0.29, 0.717) is 0 Å². The minimum atomic E-state index is -0.205. The molecule has 0 saturated heterocycles. The fraction of sp³-hybridized carbons (Fsp3) is 0.250. The van der Waals surface area contributed by atoms with E-state index in [0.717, 1.165) is 36.6 Å². The molecule has 1 atom stereocenters. The van der Waals surface area contributed by atoms with E-state index in [1.54, 1.807) is 14.2 Å². The van der Waals surface area contributed by atoms with Crippen LogP contribution < -0.4 is 14.8 Å². The summed E-state index contributed by atoms with van der Waals surface area (Å²) in [6.07, 6.45) is 0.966. The first kappa shape index (κ1) is 19.9.